The van der Waals surface area contributed by atoms with E-state index in [1.165, 1.54) is 33.5 Å². The predicted molar refractivity (Wildman–Crippen MR) is 113 cm³/mol. The third kappa shape index (κ3) is 3.10. The number of benzene rings is 3. The molecule has 138 valence electrons. The van der Waals surface area contributed by atoms with Crippen LogP contribution in [0.4, 0.5) is 5.69 Å². The van der Waals surface area contributed by atoms with Gasteiger partial charge in [0.2, 0.25) is 0 Å². The van der Waals surface area contributed by atoms with Crippen molar-refractivity contribution in [2.45, 2.75) is 33.6 Å². The Labute approximate surface area is 162 Å². The molecule has 2 nitrogen and oxygen atoms in total. The molecule has 3 aromatic carbocycles. The van der Waals surface area contributed by atoms with Crippen LogP contribution in [0.1, 0.15) is 47.6 Å². The molecule has 0 fully saturated rings. The van der Waals surface area contributed by atoms with Crippen LogP contribution in [0.3, 0.4) is 0 Å². The minimum atomic E-state index is 0.204. The summed E-state index contributed by atoms with van der Waals surface area (Å²) in [5.74, 6) is 2.16. The van der Waals surface area contributed by atoms with E-state index in [0.29, 0.717) is 0 Å². The zero-order chi connectivity index (χ0) is 19.0. The van der Waals surface area contributed by atoms with Crippen molar-refractivity contribution in [3.05, 3.63) is 88.5 Å². The van der Waals surface area contributed by atoms with Gasteiger partial charge in [0.1, 0.15) is 11.5 Å². The van der Waals surface area contributed by atoms with Crippen LogP contribution in [0.2, 0.25) is 0 Å². The summed E-state index contributed by atoms with van der Waals surface area (Å²) in [7, 11) is 0. The molecule has 0 aliphatic carbocycles. The van der Waals surface area contributed by atoms with Gasteiger partial charge < -0.3 is 9.64 Å². The van der Waals surface area contributed by atoms with Crippen molar-refractivity contribution in [2.75, 3.05) is 18.0 Å². The molecule has 0 bridgehead atoms. The molecule has 1 heterocycles. The average Bonchev–Trinajstić information content (AvgIpc) is 2.69. The highest BCUT2D eigenvalue weighted by atomic mass is 16.5. The summed E-state index contributed by atoms with van der Waals surface area (Å²) in [6.07, 6.45) is 0. The topological polar surface area (TPSA) is 12.5 Å². The van der Waals surface area contributed by atoms with E-state index in [2.05, 4.69) is 93.3 Å². The maximum atomic E-state index is 6.42. The molecule has 0 radical (unpaired) electrons. The smallest absolute Gasteiger partial charge is 0.133 e. The highest BCUT2D eigenvalue weighted by molar-refractivity contribution is 5.64. The Balaban J connectivity index is 1.90. The normalized spacial score (nSPS) is 14.9. The zero-order valence-corrected chi connectivity index (χ0v) is 16.6. The average molecular weight is 357 g/mol. The number of fused-ring (bicyclic) bond motifs is 2. The van der Waals surface area contributed by atoms with Gasteiger partial charge in [-0.1, -0.05) is 42.5 Å². The predicted octanol–water partition coefficient (Wildman–Crippen LogP) is 6.44. The summed E-state index contributed by atoms with van der Waals surface area (Å²) in [6.45, 7) is 10.7. The summed E-state index contributed by atoms with van der Waals surface area (Å²) < 4.78 is 6.42. The second-order valence-electron chi connectivity index (χ2n) is 7.31. The van der Waals surface area contributed by atoms with Crippen LogP contribution in [-0.4, -0.2) is 13.1 Å². The number of rotatable bonds is 4. The van der Waals surface area contributed by atoms with Gasteiger partial charge in [-0.15, -0.1) is 0 Å². The number of nitrogens with zero attached hydrogens (tertiary/aromatic N) is 1. The molecule has 27 heavy (non-hydrogen) atoms. The number of hydrogen-bond donors (Lipinski definition) is 0. The Morgan fingerprint density at radius 2 is 1.44 bits per heavy atom. The maximum absolute atomic E-state index is 6.42. The monoisotopic (exact) mass is 357 g/mol. The van der Waals surface area contributed by atoms with E-state index < -0.39 is 0 Å². The van der Waals surface area contributed by atoms with E-state index >= 15 is 0 Å². The van der Waals surface area contributed by atoms with Crippen LogP contribution < -0.4 is 9.64 Å². The van der Waals surface area contributed by atoms with Crippen molar-refractivity contribution in [1.29, 1.82) is 0 Å². The van der Waals surface area contributed by atoms with Crippen molar-refractivity contribution in [3.63, 3.8) is 0 Å². The SMILES string of the molecule is CCN(CC)c1ccc2c(c1)Oc1cc(C)c(C)cc1C2c1ccccc1. The third-order valence-corrected chi connectivity index (χ3v) is 5.73. The second kappa shape index (κ2) is 7.11. The fraction of sp³-hybridized carbons (Fsp3) is 0.280. The second-order valence-corrected chi connectivity index (χ2v) is 7.31. The van der Waals surface area contributed by atoms with Gasteiger partial charge in [0.25, 0.3) is 0 Å². The van der Waals surface area contributed by atoms with Crippen LogP contribution in [0, 0.1) is 13.8 Å². The molecule has 0 spiro atoms. The number of ether oxygens (including phenoxy) is 1. The molecule has 1 unspecified atom stereocenters. The molecule has 2 heteroatoms. The van der Waals surface area contributed by atoms with Crippen LogP contribution in [0.15, 0.2) is 60.7 Å². The molecule has 0 N–H and O–H groups in total. The first-order chi connectivity index (χ1) is 13.1. The van der Waals surface area contributed by atoms with Crippen LogP contribution >= 0.6 is 0 Å². The van der Waals surface area contributed by atoms with Crippen molar-refractivity contribution >= 4 is 5.69 Å². The van der Waals surface area contributed by atoms with Crippen LogP contribution in [0.5, 0.6) is 11.5 Å². The quantitative estimate of drug-likeness (QED) is 0.417. The number of anilines is 1. The van der Waals surface area contributed by atoms with Gasteiger partial charge >= 0.3 is 0 Å². The largest absolute Gasteiger partial charge is 0.457 e. The van der Waals surface area contributed by atoms with E-state index in [4.69, 9.17) is 4.74 Å². The van der Waals surface area contributed by atoms with Gasteiger partial charge in [-0.2, -0.15) is 0 Å². The lowest BCUT2D eigenvalue weighted by Gasteiger charge is -2.31. The van der Waals surface area contributed by atoms with Gasteiger partial charge in [0.15, 0.2) is 0 Å². The number of aryl methyl sites for hydroxylation is 2. The molecule has 4 rings (SSSR count). The lowest BCUT2D eigenvalue weighted by Crippen LogP contribution is -2.22. The standard InChI is InChI=1S/C25H27NO/c1-5-26(6-2)20-12-13-21-24(16-20)27-23-15-18(4)17(3)14-22(23)25(21)19-10-8-7-9-11-19/h7-16,25H,5-6H2,1-4H3. The molecular formula is C25H27NO. The van der Waals surface area contributed by atoms with Crippen molar-refractivity contribution in [2.24, 2.45) is 0 Å². The van der Waals surface area contributed by atoms with Crippen LogP contribution in [-0.2, 0) is 0 Å². The summed E-state index contributed by atoms with van der Waals surface area (Å²) in [5, 5.41) is 0. The van der Waals surface area contributed by atoms with E-state index in [0.717, 1.165) is 24.6 Å². The summed E-state index contributed by atoms with van der Waals surface area (Å²) in [4.78, 5) is 2.36. The summed E-state index contributed by atoms with van der Waals surface area (Å²) in [5.41, 5.74) is 7.60. The Bertz CT molecular complexity index is 958. The van der Waals surface area contributed by atoms with E-state index in [-0.39, 0.29) is 5.92 Å². The Morgan fingerprint density at radius 1 is 0.778 bits per heavy atom. The lowest BCUT2D eigenvalue weighted by molar-refractivity contribution is 0.452. The minimum Gasteiger partial charge on any atom is -0.457 e. The highest BCUT2D eigenvalue weighted by Crippen LogP contribution is 2.48. The Hall–Kier alpha value is -2.74. The van der Waals surface area contributed by atoms with Gasteiger partial charge in [-0.3, -0.25) is 0 Å². The summed E-state index contributed by atoms with van der Waals surface area (Å²) >= 11 is 0. The molecule has 1 atom stereocenters. The third-order valence-electron chi connectivity index (χ3n) is 5.73. The molecule has 1 aliphatic heterocycles. The maximum Gasteiger partial charge on any atom is 0.133 e. The van der Waals surface area contributed by atoms with Crippen molar-refractivity contribution < 1.29 is 4.74 Å². The molecule has 0 saturated carbocycles. The first kappa shape index (κ1) is 17.7. The van der Waals surface area contributed by atoms with Crippen molar-refractivity contribution in [3.8, 4) is 11.5 Å². The molecule has 0 saturated heterocycles. The van der Waals surface area contributed by atoms with E-state index in [1.807, 2.05) is 0 Å². The molecule has 1 aliphatic rings. The van der Waals surface area contributed by atoms with Gasteiger partial charge in [0.05, 0.1) is 0 Å². The lowest BCUT2D eigenvalue weighted by atomic mass is 9.81. The van der Waals surface area contributed by atoms with Gasteiger partial charge in [-0.25, -0.2) is 0 Å². The van der Waals surface area contributed by atoms with Crippen molar-refractivity contribution in [1.82, 2.24) is 0 Å². The fourth-order valence-corrected chi connectivity index (χ4v) is 4.05. The molecular weight excluding hydrogens is 330 g/mol. The van der Waals surface area contributed by atoms with Crippen LogP contribution in [0.25, 0.3) is 0 Å². The molecule has 0 aromatic heterocycles. The molecule has 3 aromatic rings. The van der Waals surface area contributed by atoms with E-state index in [9.17, 15) is 0 Å². The first-order valence-corrected chi connectivity index (χ1v) is 9.85. The molecule has 0 amide bonds. The minimum absolute atomic E-state index is 0.204. The Morgan fingerprint density at radius 3 is 2.15 bits per heavy atom. The first-order valence-electron chi connectivity index (χ1n) is 9.85. The van der Waals surface area contributed by atoms with Gasteiger partial charge in [-0.05, 0) is 56.5 Å². The van der Waals surface area contributed by atoms with E-state index in [1.54, 1.807) is 0 Å². The fourth-order valence-electron chi connectivity index (χ4n) is 4.05. The zero-order valence-electron chi connectivity index (χ0n) is 16.6. The Kier molecular flexibility index (Phi) is 4.65. The number of hydrogen-bond acceptors (Lipinski definition) is 2. The highest BCUT2D eigenvalue weighted by Gasteiger charge is 2.29. The van der Waals surface area contributed by atoms with Gasteiger partial charge in [0, 0.05) is 41.9 Å². The summed E-state index contributed by atoms with van der Waals surface area (Å²) in [6, 6.07) is 21.9.